The molecule has 2 rings (SSSR count). The molecule has 1 amide bonds. The molecule has 0 radical (unpaired) electrons. The Hall–Kier alpha value is -3.55. The van der Waals surface area contributed by atoms with E-state index in [0.29, 0.717) is 16.8 Å². The highest BCUT2D eigenvalue weighted by Gasteiger charge is 2.11. The van der Waals surface area contributed by atoms with Crippen molar-refractivity contribution in [3.63, 3.8) is 0 Å². The predicted octanol–water partition coefficient (Wildman–Crippen LogP) is 3.46. The molecule has 0 aromatic heterocycles. The number of non-ortho nitro benzene ring substituents is 1. The summed E-state index contributed by atoms with van der Waals surface area (Å²) in [6.45, 7) is 1.60. The van der Waals surface area contributed by atoms with E-state index >= 15 is 0 Å². The number of nitrogens with one attached hydrogen (secondary N) is 1. The maximum atomic E-state index is 11.9. The first kappa shape index (κ1) is 16.8. The van der Waals surface area contributed by atoms with Gasteiger partial charge in [0.25, 0.3) is 11.4 Å². The van der Waals surface area contributed by atoms with Gasteiger partial charge in [0.05, 0.1) is 9.85 Å². The zero-order valence-corrected chi connectivity index (χ0v) is 12.6. The van der Waals surface area contributed by atoms with Crippen LogP contribution in [0.5, 0.6) is 0 Å². The normalized spacial score (nSPS) is 10.5. The summed E-state index contributed by atoms with van der Waals surface area (Å²) < 4.78 is 0. The number of amides is 1. The predicted molar refractivity (Wildman–Crippen MR) is 88.6 cm³/mol. The number of nitro groups is 2. The second-order valence-electron chi connectivity index (χ2n) is 4.93. The number of benzene rings is 2. The standard InChI is InChI=1S/C16H13N3O5/c1-11-5-7-13(10-15(11)19(23)24)17-16(20)8-6-12-3-2-4-14(9-12)18(21)22/h2-10H,1H3,(H,17,20). The highest BCUT2D eigenvalue weighted by Crippen LogP contribution is 2.22. The van der Waals surface area contributed by atoms with Crippen LogP contribution in [0, 0.1) is 27.2 Å². The van der Waals surface area contributed by atoms with E-state index < -0.39 is 15.8 Å². The van der Waals surface area contributed by atoms with Crippen molar-refractivity contribution in [2.75, 3.05) is 5.32 Å². The van der Waals surface area contributed by atoms with E-state index in [1.54, 1.807) is 19.1 Å². The zero-order valence-electron chi connectivity index (χ0n) is 12.6. The van der Waals surface area contributed by atoms with Gasteiger partial charge in [0.15, 0.2) is 0 Å². The fourth-order valence-corrected chi connectivity index (χ4v) is 1.98. The van der Waals surface area contributed by atoms with Crippen LogP contribution in [0.15, 0.2) is 48.5 Å². The molecule has 2 aromatic carbocycles. The summed E-state index contributed by atoms with van der Waals surface area (Å²) in [6.07, 6.45) is 2.62. The van der Waals surface area contributed by atoms with Crippen LogP contribution in [0.25, 0.3) is 6.08 Å². The van der Waals surface area contributed by atoms with Crippen LogP contribution in [-0.4, -0.2) is 15.8 Å². The van der Waals surface area contributed by atoms with E-state index in [0.717, 1.165) is 0 Å². The van der Waals surface area contributed by atoms with Crippen molar-refractivity contribution in [3.05, 3.63) is 79.9 Å². The number of aryl methyl sites for hydroxylation is 1. The Kier molecular flexibility index (Phi) is 5.00. The number of carbonyl (C=O) groups is 1. The molecule has 0 saturated heterocycles. The fourth-order valence-electron chi connectivity index (χ4n) is 1.98. The monoisotopic (exact) mass is 327 g/mol. The van der Waals surface area contributed by atoms with Gasteiger partial charge in [-0.15, -0.1) is 0 Å². The van der Waals surface area contributed by atoms with Crippen LogP contribution in [0.2, 0.25) is 0 Å². The first-order valence-corrected chi connectivity index (χ1v) is 6.85. The molecule has 0 unspecified atom stereocenters. The minimum absolute atomic E-state index is 0.0771. The Morgan fingerprint density at radius 2 is 1.83 bits per heavy atom. The largest absolute Gasteiger partial charge is 0.322 e. The van der Waals surface area contributed by atoms with E-state index in [-0.39, 0.29) is 11.4 Å². The van der Waals surface area contributed by atoms with Gasteiger partial charge in [-0.1, -0.05) is 18.2 Å². The number of carbonyl (C=O) groups excluding carboxylic acids is 1. The lowest BCUT2D eigenvalue weighted by atomic mass is 10.1. The van der Waals surface area contributed by atoms with Crippen molar-refractivity contribution in [2.24, 2.45) is 0 Å². The molecular formula is C16H13N3O5. The van der Waals surface area contributed by atoms with E-state index in [9.17, 15) is 25.0 Å². The van der Waals surface area contributed by atoms with Gasteiger partial charge in [-0.25, -0.2) is 0 Å². The second-order valence-corrected chi connectivity index (χ2v) is 4.93. The number of anilines is 1. The minimum Gasteiger partial charge on any atom is -0.322 e. The van der Waals surface area contributed by atoms with Gasteiger partial charge >= 0.3 is 0 Å². The lowest BCUT2D eigenvalue weighted by Crippen LogP contribution is -2.08. The number of rotatable bonds is 5. The maximum absolute atomic E-state index is 11.9. The highest BCUT2D eigenvalue weighted by molar-refractivity contribution is 6.02. The van der Waals surface area contributed by atoms with Gasteiger partial charge in [-0.05, 0) is 24.6 Å². The van der Waals surface area contributed by atoms with Crippen LogP contribution >= 0.6 is 0 Å². The Morgan fingerprint density at radius 1 is 1.08 bits per heavy atom. The quantitative estimate of drug-likeness (QED) is 0.513. The molecule has 0 saturated carbocycles. The van der Waals surface area contributed by atoms with Gasteiger partial charge in [-0.2, -0.15) is 0 Å². The number of hydrogen-bond donors (Lipinski definition) is 1. The Labute approximate surface area is 136 Å². The van der Waals surface area contributed by atoms with Crippen LogP contribution in [0.1, 0.15) is 11.1 Å². The topological polar surface area (TPSA) is 115 Å². The van der Waals surface area contributed by atoms with Gasteiger partial charge in [0.2, 0.25) is 5.91 Å². The lowest BCUT2D eigenvalue weighted by molar-refractivity contribution is -0.385. The summed E-state index contributed by atoms with van der Waals surface area (Å²) >= 11 is 0. The molecule has 0 aliphatic carbocycles. The van der Waals surface area contributed by atoms with E-state index in [1.807, 2.05) is 0 Å². The number of nitrogens with zero attached hydrogens (tertiary/aromatic N) is 2. The summed E-state index contributed by atoms with van der Waals surface area (Å²) in [6, 6.07) is 10.2. The molecule has 1 N–H and O–H groups in total. The summed E-state index contributed by atoms with van der Waals surface area (Å²) in [4.78, 5) is 32.4. The Balaban J connectivity index is 2.11. The number of nitro benzene ring substituents is 2. The van der Waals surface area contributed by atoms with Crippen molar-refractivity contribution >= 4 is 29.0 Å². The van der Waals surface area contributed by atoms with E-state index in [2.05, 4.69) is 5.32 Å². The zero-order chi connectivity index (χ0) is 17.7. The van der Waals surface area contributed by atoms with Crippen LogP contribution in [0.4, 0.5) is 17.1 Å². The molecule has 8 heteroatoms. The molecule has 8 nitrogen and oxygen atoms in total. The summed E-state index contributed by atoms with van der Waals surface area (Å²) in [5.74, 6) is -0.500. The van der Waals surface area contributed by atoms with Gasteiger partial charge < -0.3 is 5.32 Å². The highest BCUT2D eigenvalue weighted by atomic mass is 16.6. The third-order valence-corrected chi connectivity index (χ3v) is 3.18. The van der Waals surface area contributed by atoms with Crippen molar-refractivity contribution in [2.45, 2.75) is 6.92 Å². The van der Waals surface area contributed by atoms with Crippen molar-refractivity contribution in [1.29, 1.82) is 0 Å². The van der Waals surface area contributed by atoms with Gasteiger partial charge in [0.1, 0.15) is 0 Å². The molecule has 0 bridgehead atoms. The van der Waals surface area contributed by atoms with Gasteiger partial charge in [-0.3, -0.25) is 25.0 Å². The Morgan fingerprint density at radius 3 is 2.50 bits per heavy atom. The minimum atomic E-state index is -0.525. The molecule has 0 atom stereocenters. The fraction of sp³-hybridized carbons (Fsp3) is 0.0625. The lowest BCUT2D eigenvalue weighted by Gasteiger charge is -2.03. The molecule has 2 aromatic rings. The molecular weight excluding hydrogens is 314 g/mol. The summed E-state index contributed by atoms with van der Waals surface area (Å²) in [5, 5.41) is 24.1. The third kappa shape index (κ3) is 4.23. The Bertz CT molecular complexity index is 845. The molecule has 0 fully saturated rings. The summed E-state index contributed by atoms with van der Waals surface area (Å²) in [7, 11) is 0. The van der Waals surface area contributed by atoms with Crippen LogP contribution in [0.3, 0.4) is 0 Å². The van der Waals surface area contributed by atoms with E-state index in [1.165, 1.54) is 42.5 Å². The van der Waals surface area contributed by atoms with Crippen molar-refractivity contribution < 1.29 is 14.6 Å². The van der Waals surface area contributed by atoms with E-state index in [4.69, 9.17) is 0 Å². The van der Waals surface area contributed by atoms with Gasteiger partial charge in [0, 0.05) is 35.5 Å². The first-order chi connectivity index (χ1) is 11.4. The van der Waals surface area contributed by atoms with Crippen molar-refractivity contribution in [1.82, 2.24) is 0 Å². The second kappa shape index (κ2) is 7.14. The smallest absolute Gasteiger partial charge is 0.274 e. The number of hydrogen-bond acceptors (Lipinski definition) is 5. The molecule has 0 spiro atoms. The maximum Gasteiger partial charge on any atom is 0.274 e. The van der Waals surface area contributed by atoms with Crippen molar-refractivity contribution in [3.8, 4) is 0 Å². The molecule has 0 aliphatic rings. The molecule has 122 valence electrons. The first-order valence-electron chi connectivity index (χ1n) is 6.85. The van der Waals surface area contributed by atoms with Crippen LogP contribution < -0.4 is 5.32 Å². The average molecular weight is 327 g/mol. The molecule has 0 aliphatic heterocycles. The third-order valence-electron chi connectivity index (χ3n) is 3.18. The average Bonchev–Trinajstić information content (AvgIpc) is 2.54. The van der Waals surface area contributed by atoms with Crippen LogP contribution in [-0.2, 0) is 4.79 Å². The summed E-state index contributed by atoms with van der Waals surface area (Å²) in [5.41, 5.74) is 1.11. The molecule has 24 heavy (non-hydrogen) atoms. The SMILES string of the molecule is Cc1ccc(NC(=O)C=Cc2cccc([N+](=O)[O-])c2)cc1[N+](=O)[O-]. The molecule has 0 heterocycles.